The fourth-order valence-electron chi connectivity index (χ4n) is 2.59. The van der Waals surface area contributed by atoms with Crippen molar-refractivity contribution in [1.82, 2.24) is 4.90 Å². The molecule has 1 unspecified atom stereocenters. The van der Waals surface area contributed by atoms with E-state index in [2.05, 4.69) is 0 Å². The number of para-hydroxylation sites is 1. The van der Waals surface area contributed by atoms with Gasteiger partial charge in [-0.3, -0.25) is 4.79 Å². The van der Waals surface area contributed by atoms with Crippen LogP contribution < -0.4 is 0 Å². The van der Waals surface area contributed by atoms with Crippen LogP contribution in [-0.4, -0.2) is 35.1 Å². The Hall–Kier alpha value is -1.81. The normalized spacial score (nSPS) is 19.6. The van der Waals surface area contributed by atoms with Crippen molar-refractivity contribution in [2.75, 3.05) is 13.2 Å². The standard InChI is InChI=1S/C14H15NO3/c16-8-10-4-3-7-15(10)14(17)12-9-18-13-6-2-1-5-11(12)13/h1-2,5-6,9-10,16H,3-4,7-8H2. The average Bonchev–Trinajstić information content (AvgIpc) is 3.04. The minimum absolute atomic E-state index is 0.0293. The van der Waals surface area contributed by atoms with Crippen LogP contribution in [0.3, 0.4) is 0 Å². The maximum Gasteiger partial charge on any atom is 0.258 e. The number of carbonyl (C=O) groups is 1. The molecule has 0 spiro atoms. The largest absolute Gasteiger partial charge is 0.463 e. The van der Waals surface area contributed by atoms with Gasteiger partial charge in [0.15, 0.2) is 0 Å². The monoisotopic (exact) mass is 245 g/mol. The number of likely N-dealkylation sites (tertiary alicyclic amines) is 1. The zero-order valence-electron chi connectivity index (χ0n) is 10.0. The molecule has 0 radical (unpaired) electrons. The summed E-state index contributed by atoms with van der Waals surface area (Å²) in [6.07, 6.45) is 3.34. The lowest BCUT2D eigenvalue weighted by atomic mass is 10.1. The number of aliphatic hydroxyl groups is 1. The Balaban J connectivity index is 1.97. The van der Waals surface area contributed by atoms with E-state index in [-0.39, 0.29) is 18.6 Å². The summed E-state index contributed by atoms with van der Waals surface area (Å²) < 4.78 is 5.39. The van der Waals surface area contributed by atoms with Crippen molar-refractivity contribution in [3.63, 3.8) is 0 Å². The van der Waals surface area contributed by atoms with Gasteiger partial charge >= 0.3 is 0 Å². The first-order valence-electron chi connectivity index (χ1n) is 6.19. The smallest absolute Gasteiger partial charge is 0.258 e. The lowest BCUT2D eigenvalue weighted by Crippen LogP contribution is -2.37. The summed E-state index contributed by atoms with van der Waals surface area (Å²) in [5.74, 6) is -0.0449. The molecule has 0 saturated carbocycles. The van der Waals surface area contributed by atoms with Gasteiger partial charge in [0.2, 0.25) is 0 Å². The maximum absolute atomic E-state index is 12.4. The quantitative estimate of drug-likeness (QED) is 0.880. The minimum atomic E-state index is -0.0498. The second-order valence-electron chi connectivity index (χ2n) is 4.62. The van der Waals surface area contributed by atoms with Gasteiger partial charge in [0.05, 0.1) is 18.2 Å². The van der Waals surface area contributed by atoms with Crippen molar-refractivity contribution in [3.05, 3.63) is 36.1 Å². The van der Waals surface area contributed by atoms with Gasteiger partial charge in [0.25, 0.3) is 5.91 Å². The Bertz CT molecular complexity index is 575. The van der Waals surface area contributed by atoms with E-state index in [1.165, 1.54) is 6.26 Å². The second-order valence-corrected chi connectivity index (χ2v) is 4.62. The van der Waals surface area contributed by atoms with Gasteiger partial charge in [-0.1, -0.05) is 18.2 Å². The first-order valence-corrected chi connectivity index (χ1v) is 6.19. The molecule has 3 rings (SSSR count). The zero-order chi connectivity index (χ0) is 12.5. The first-order chi connectivity index (χ1) is 8.81. The third-order valence-electron chi connectivity index (χ3n) is 3.56. The van der Waals surface area contributed by atoms with Crippen molar-refractivity contribution in [3.8, 4) is 0 Å². The van der Waals surface area contributed by atoms with E-state index in [1.54, 1.807) is 4.90 Å². The van der Waals surface area contributed by atoms with Crippen molar-refractivity contribution in [2.24, 2.45) is 0 Å². The first kappa shape index (κ1) is 11.3. The Morgan fingerprint density at radius 2 is 2.28 bits per heavy atom. The number of amides is 1. The second kappa shape index (κ2) is 4.46. The minimum Gasteiger partial charge on any atom is -0.463 e. The Kier molecular flexibility index (Phi) is 2.80. The summed E-state index contributed by atoms with van der Waals surface area (Å²) in [5, 5.41) is 10.1. The molecule has 1 aliphatic heterocycles. The molecule has 2 aromatic rings. The molecule has 1 fully saturated rings. The highest BCUT2D eigenvalue weighted by atomic mass is 16.3. The highest BCUT2D eigenvalue weighted by Crippen LogP contribution is 2.25. The molecule has 1 aliphatic rings. The van der Waals surface area contributed by atoms with Crippen molar-refractivity contribution in [2.45, 2.75) is 18.9 Å². The number of nitrogens with zero attached hydrogens (tertiary/aromatic N) is 1. The van der Waals surface area contributed by atoms with Crippen molar-refractivity contribution >= 4 is 16.9 Å². The summed E-state index contributed by atoms with van der Waals surface area (Å²) in [6, 6.07) is 7.45. The van der Waals surface area contributed by atoms with Crippen LogP contribution >= 0.6 is 0 Å². The van der Waals surface area contributed by atoms with E-state index < -0.39 is 0 Å². The molecular formula is C14H15NO3. The summed E-state index contributed by atoms with van der Waals surface area (Å²) in [4.78, 5) is 14.2. The van der Waals surface area contributed by atoms with E-state index in [0.29, 0.717) is 12.1 Å². The van der Waals surface area contributed by atoms with Crippen LogP contribution in [0.2, 0.25) is 0 Å². The number of furan rings is 1. The topological polar surface area (TPSA) is 53.7 Å². The summed E-state index contributed by atoms with van der Waals surface area (Å²) >= 11 is 0. The van der Waals surface area contributed by atoms with Gasteiger partial charge in [-0.2, -0.15) is 0 Å². The number of hydrogen-bond acceptors (Lipinski definition) is 3. The van der Waals surface area contributed by atoms with Gasteiger partial charge in [-0.25, -0.2) is 0 Å². The molecular weight excluding hydrogens is 230 g/mol. The number of carbonyl (C=O) groups excluding carboxylic acids is 1. The number of benzene rings is 1. The molecule has 0 bridgehead atoms. The number of aliphatic hydroxyl groups excluding tert-OH is 1. The Morgan fingerprint density at radius 1 is 1.44 bits per heavy atom. The molecule has 1 aromatic heterocycles. The highest BCUT2D eigenvalue weighted by Gasteiger charge is 2.30. The number of fused-ring (bicyclic) bond motifs is 1. The van der Waals surface area contributed by atoms with Crippen LogP contribution in [0.1, 0.15) is 23.2 Å². The zero-order valence-corrected chi connectivity index (χ0v) is 10.0. The fraction of sp³-hybridized carbons (Fsp3) is 0.357. The predicted octanol–water partition coefficient (Wildman–Crippen LogP) is 2.03. The Labute approximate surface area is 105 Å². The van der Waals surface area contributed by atoms with E-state index in [4.69, 9.17) is 4.42 Å². The van der Waals surface area contributed by atoms with Crippen LogP contribution in [0.15, 0.2) is 34.9 Å². The lowest BCUT2D eigenvalue weighted by molar-refractivity contribution is 0.0678. The van der Waals surface area contributed by atoms with Crippen molar-refractivity contribution in [1.29, 1.82) is 0 Å². The molecule has 94 valence electrons. The van der Waals surface area contributed by atoms with Crippen LogP contribution in [0, 0.1) is 0 Å². The van der Waals surface area contributed by atoms with Gasteiger partial charge in [-0.15, -0.1) is 0 Å². The molecule has 4 heteroatoms. The molecule has 1 N–H and O–H groups in total. The maximum atomic E-state index is 12.4. The van der Waals surface area contributed by atoms with E-state index in [9.17, 15) is 9.90 Å². The molecule has 1 atom stereocenters. The summed E-state index contributed by atoms with van der Waals surface area (Å²) in [5.41, 5.74) is 1.31. The van der Waals surface area contributed by atoms with E-state index in [0.717, 1.165) is 23.8 Å². The third-order valence-corrected chi connectivity index (χ3v) is 3.56. The molecule has 1 aromatic carbocycles. The highest BCUT2D eigenvalue weighted by molar-refractivity contribution is 6.06. The third kappa shape index (κ3) is 1.69. The van der Waals surface area contributed by atoms with Gasteiger partial charge < -0.3 is 14.4 Å². The van der Waals surface area contributed by atoms with Gasteiger partial charge in [-0.05, 0) is 18.9 Å². The summed E-state index contributed by atoms with van der Waals surface area (Å²) in [6.45, 7) is 0.741. The molecule has 0 aliphatic carbocycles. The average molecular weight is 245 g/mol. The van der Waals surface area contributed by atoms with E-state index >= 15 is 0 Å². The predicted molar refractivity (Wildman–Crippen MR) is 67.4 cm³/mol. The van der Waals surface area contributed by atoms with Gasteiger partial charge in [0.1, 0.15) is 11.8 Å². The molecule has 1 saturated heterocycles. The van der Waals surface area contributed by atoms with E-state index in [1.807, 2.05) is 24.3 Å². The molecule has 2 heterocycles. The van der Waals surface area contributed by atoms with Crippen LogP contribution in [0.4, 0.5) is 0 Å². The molecule has 18 heavy (non-hydrogen) atoms. The van der Waals surface area contributed by atoms with Crippen LogP contribution in [0.5, 0.6) is 0 Å². The van der Waals surface area contributed by atoms with Gasteiger partial charge in [0, 0.05) is 11.9 Å². The molecule has 1 amide bonds. The summed E-state index contributed by atoms with van der Waals surface area (Å²) in [7, 11) is 0. The van der Waals surface area contributed by atoms with Crippen molar-refractivity contribution < 1.29 is 14.3 Å². The molecule has 4 nitrogen and oxygen atoms in total. The number of hydrogen-bond donors (Lipinski definition) is 1. The fourth-order valence-corrected chi connectivity index (χ4v) is 2.59. The SMILES string of the molecule is O=C(c1coc2ccccc12)N1CCCC1CO. The lowest BCUT2D eigenvalue weighted by Gasteiger charge is -2.22. The number of rotatable bonds is 2. The van der Waals surface area contributed by atoms with Crippen LogP contribution in [-0.2, 0) is 0 Å². The van der Waals surface area contributed by atoms with Crippen LogP contribution in [0.25, 0.3) is 11.0 Å². The Morgan fingerprint density at radius 3 is 3.11 bits per heavy atom.